The standard InChI is InChI=1S/C20H16N2S/c21-12-14-5-7-16(8-6-14)20-22-19(13-23-20)18-10-9-15-3-1-2-4-17(15)11-18/h1-11,13H,12,21H2. The van der Waals surface area contributed by atoms with Crippen LogP contribution in [-0.2, 0) is 6.54 Å². The van der Waals surface area contributed by atoms with Crippen molar-refractivity contribution in [2.24, 2.45) is 5.73 Å². The molecule has 0 unspecified atom stereocenters. The number of rotatable bonds is 3. The van der Waals surface area contributed by atoms with Crippen LogP contribution in [0, 0.1) is 0 Å². The Balaban J connectivity index is 1.70. The molecular formula is C20H16N2S. The summed E-state index contributed by atoms with van der Waals surface area (Å²) >= 11 is 1.67. The Labute approximate surface area is 139 Å². The Bertz CT molecular complexity index is 955. The molecule has 0 radical (unpaired) electrons. The van der Waals surface area contributed by atoms with Gasteiger partial charge in [-0.05, 0) is 22.4 Å². The van der Waals surface area contributed by atoms with E-state index in [2.05, 4.69) is 72.1 Å². The van der Waals surface area contributed by atoms with Crippen LogP contribution in [0.5, 0.6) is 0 Å². The smallest absolute Gasteiger partial charge is 0.124 e. The van der Waals surface area contributed by atoms with E-state index in [1.54, 1.807) is 11.3 Å². The maximum absolute atomic E-state index is 5.65. The van der Waals surface area contributed by atoms with E-state index < -0.39 is 0 Å². The summed E-state index contributed by atoms with van der Waals surface area (Å²) in [4.78, 5) is 4.80. The monoisotopic (exact) mass is 316 g/mol. The van der Waals surface area contributed by atoms with E-state index in [0.29, 0.717) is 6.54 Å². The molecule has 0 aliphatic heterocycles. The Morgan fingerprint density at radius 2 is 1.57 bits per heavy atom. The molecule has 2 nitrogen and oxygen atoms in total. The number of nitrogens with zero attached hydrogens (tertiary/aromatic N) is 1. The van der Waals surface area contributed by atoms with Crippen LogP contribution in [0.1, 0.15) is 5.56 Å². The van der Waals surface area contributed by atoms with Gasteiger partial charge in [0.2, 0.25) is 0 Å². The molecule has 0 saturated heterocycles. The first-order chi connectivity index (χ1) is 11.3. The zero-order valence-electron chi connectivity index (χ0n) is 12.6. The summed E-state index contributed by atoms with van der Waals surface area (Å²) in [5, 5.41) is 5.66. The molecule has 112 valence electrons. The molecule has 1 heterocycles. The summed E-state index contributed by atoms with van der Waals surface area (Å²) in [6.45, 7) is 0.570. The van der Waals surface area contributed by atoms with Gasteiger partial charge in [-0.15, -0.1) is 11.3 Å². The maximum Gasteiger partial charge on any atom is 0.124 e. The van der Waals surface area contributed by atoms with Gasteiger partial charge in [0.05, 0.1) is 5.69 Å². The SMILES string of the molecule is NCc1ccc(-c2nc(-c3ccc4ccccc4c3)cs2)cc1. The Kier molecular flexibility index (Phi) is 3.66. The Morgan fingerprint density at radius 1 is 0.826 bits per heavy atom. The van der Waals surface area contributed by atoms with Gasteiger partial charge < -0.3 is 5.73 Å². The minimum Gasteiger partial charge on any atom is -0.326 e. The molecule has 0 aliphatic rings. The first-order valence-electron chi connectivity index (χ1n) is 7.57. The number of benzene rings is 3. The fourth-order valence-electron chi connectivity index (χ4n) is 2.67. The first-order valence-corrected chi connectivity index (χ1v) is 8.45. The van der Waals surface area contributed by atoms with Gasteiger partial charge in [0, 0.05) is 23.1 Å². The van der Waals surface area contributed by atoms with Gasteiger partial charge in [-0.3, -0.25) is 0 Å². The van der Waals surface area contributed by atoms with Crippen molar-refractivity contribution in [2.45, 2.75) is 6.54 Å². The van der Waals surface area contributed by atoms with Gasteiger partial charge in [-0.25, -0.2) is 4.98 Å². The van der Waals surface area contributed by atoms with Crippen molar-refractivity contribution in [3.8, 4) is 21.8 Å². The van der Waals surface area contributed by atoms with E-state index in [9.17, 15) is 0 Å². The average Bonchev–Trinajstić information content (AvgIpc) is 3.11. The summed E-state index contributed by atoms with van der Waals surface area (Å²) in [5.41, 5.74) is 10.1. The van der Waals surface area contributed by atoms with Crippen LogP contribution in [0.15, 0.2) is 72.1 Å². The fourth-order valence-corrected chi connectivity index (χ4v) is 3.51. The highest BCUT2D eigenvalue weighted by molar-refractivity contribution is 7.13. The average molecular weight is 316 g/mol. The van der Waals surface area contributed by atoms with E-state index in [0.717, 1.165) is 27.4 Å². The zero-order valence-corrected chi connectivity index (χ0v) is 13.4. The molecular weight excluding hydrogens is 300 g/mol. The molecule has 0 amide bonds. The highest BCUT2D eigenvalue weighted by atomic mass is 32.1. The molecule has 4 aromatic rings. The number of hydrogen-bond donors (Lipinski definition) is 1. The van der Waals surface area contributed by atoms with Crippen molar-refractivity contribution in [1.29, 1.82) is 0 Å². The number of fused-ring (bicyclic) bond motifs is 1. The minimum absolute atomic E-state index is 0.570. The fraction of sp³-hybridized carbons (Fsp3) is 0.0500. The van der Waals surface area contributed by atoms with E-state index in [4.69, 9.17) is 10.7 Å². The van der Waals surface area contributed by atoms with Crippen molar-refractivity contribution in [3.05, 3.63) is 77.7 Å². The van der Waals surface area contributed by atoms with Crippen LogP contribution >= 0.6 is 11.3 Å². The third-order valence-electron chi connectivity index (χ3n) is 3.99. The quantitative estimate of drug-likeness (QED) is 0.572. The van der Waals surface area contributed by atoms with Gasteiger partial charge in [0.1, 0.15) is 5.01 Å². The topological polar surface area (TPSA) is 38.9 Å². The second-order valence-corrected chi connectivity index (χ2v) is 6.36. The van der Waals surface area contributed by atoms with E-state index in [-0.39, 0.29) is 0 Å². The molecule has 3 aromatic carbocycles. The predicted octanol–water partition coefficient (Wildman–Crippen LogP) is 5.09. The van der Waals surface area contributed by atoms with Crippen LogP contribution in [0.3, 0.4) is 0 Å². The predicted molar refractivity (Wildman–Crippen MR) is 98.4 cm³/mol. The van der Waals surface area contributed by atoms with Gasteiger partial charge in [0.25, 0.3) is 0 Å². The number of thiazole rings is 1. The van der Waals surface area contributed by atoms with Crippen molar-refractivity contribution in [1.82, 2.24) is 4.98 Å². The number of nitrogens with two attached hydrogens (primary N) is 1. The van der Waals surface area contributed by atoms with Gasteiger partial charge in [-0.1, -0.05) is 60.7 Å². The molecule has 0 spiro atoms. The number of hydrogen-bond acceptors (Lipinski definition) is 3. The second-order valence-electron chi connectivity index (χ2n) is 5.50. The molecule has 2 N–H and O–H groups in total. The third-order valence-corrected chi connectivity index (χ3v) is 4.88. The van der Waals surface area contributed by atoms with Crippen LogP contribution in [0.2, 0.25) is 0 Å². The molecule has 0 aliphatic carbocycles. The molecule has 0 saturated carbocycles. The lowest BCUT2D eigenvalue weighted by Crippen LogP contribution is -1.95. The van der Waals surface area contributed by atoms with E-state index >= 15 is 0 Å². The molecule has 1 aromatic heterocycles. The lowest BCUT2D eigenvalue weighted by molar-refractivity contribution is 1.07. The summed E-state index contributed by atoms with van der Waals surface area (Å²) in [7, 11) is 0. The summed E-state index contributed by atoms with van der Waals surface area (Å²) in [6.07, 6.45) is 0. The molecule has 4 rings (SSSR count). The second kappa shape index (κ2) is 5.95. The van der Waals surface area contributed by atoms with Crippen LogP contribution in [0.25, 0.3) is 32.6 Å². The first kappa shape index (κ1) is 14.1. The summed E-state index contributed by atoms with van der Waals surface area (Å²) in [6, 6.07) is 23.2. The van der Waals surface area contributed by atoms with Crippen LogP contribution in [-0.4, -0.2) is 4.98 Å². The summed E-state index contributed by atoms with van der Waals surface area (Å²) < 4.78 is 0. The normalized spacial score (nSPS) is 11.0. The zero-order chi connectivity index (χ0) is 15.6. The highest BCUT2D eigenvalue weighted by Crippen LogP contribution is 2.30. The Morgan fingerprint density at radius 3 is 2.35 bits per heavy atom. The van der Waals surface area contributed by atoms with E-state index in [1.165, 1.54) is 10.8 Å². The van der Waals surface area contributed by atoms with Gasteiger partial charge in [-0.2, -0.15) is 0 Å². The largest absolute Gasteiger partial charge is 0.326 e. The van der Waals surface area contributed by atoms with Crippen molar-refractivity contribution >= 4 is 22.1 Å². The van der Waals surface area contributed by atoms with Crippen molar-refractivity contribution in [3.63, 3.8) is 0 Å². The maximum atomic E-state index is 5.65. The van der Waals surface area contributed by atoms with Crippen LogP contribution < -0.4 is 5.73 Å². The lowest BCUT2D eigenvalue weighted by atomic mass is 10.1. The lowest BCUT2D eigenvalue weighted by Gasteiger charge is -2.01. The third kappa shape index (κ3) is 2.77. The highest BCUT2D eigenvalue weighted by Gasteiger charge is 2.07. The Hall–Kier alpha value is -2.49. The molecule has 0 fully saturated rings. The number of aromatic nitrogens is 1. The van der Waals surface area contributed by atoms with Crippen molar-refractivity contribution in [2.75, 3.05) is 0 Å². The molecule has 0 atom stereocenters. The van der Waals surface area contributed by atoms with Crippen molar-refractivity contribution < 1.29 is 0 Å². The minimum atomic E-state index is 0.570. The summed E-state index contributed by atoms with van der Waals surface area (Å²) in [5.74, 6) is 0. The molecule has 23 heavy (non-hydrogen) atoms. The molecule has 3 heteroatoms. The molecule has 0 bridgehead atoms. The van der Waals surface area contributed by atoms with Gasteiger partial charge >= 0.3 is 0 Å². The van der Waals surface area contributed by atoms with Crippen LogP contribution in [0.4, 0.5) is 0 Å². The van der Waals surface area contributed by atoms with E-state index in [1.807, 2.05) is 0 Å². The van der Waals surface area contributed by atoms with Gasteiger partial charge in [0.15, 0.2) is 0 Å².